The quantitative estimate of drug-likeness (QED) is 0.475. The molecule has 9 heteroatoms. The van der Waals surface area contributed by atoms with E-state index < -0.39 is 0 Å². The van der Waals surface area contributed by atoms with Crippen LogP contribution in [0.3, 0.4) is 0 Å². The summed E-state index contributed by atoms with van der Waals surface area (Å²) in [5.74, 6) is -0.401. The normalized spacial score (nSPS) is 17.9. The molecule has 0 aliphatic carbocycles. The minimum absolute atomic E-state index is 0.0374. The summed E-state index contributed by atoms with van der Waals surface area (Å²) in [7, 11) is 0. The zero-order valence-corrected chi connectivity index (χ0v) is 18.1. The number of aromatic nitrogens is 2. The van der Waals surface area contributed by atoms with Crippen LogP contribution in [0.4, 0.5) is 11.4 Å². The van der Waals surface area contributed by atoms with Gasteiger partial charge in [0.2, 0.25) is 11.8 Å². The Kier molecular flexibility index (Phi) is 5.67. The molecule has 1 aromatic heterocycles. The molecule has 1 fully saturated rings. The van der Waals surface area contributed by atoms with E-state index in [1.165, 1.54) is 16.7 Å². The highest BCUT2D eigenvalue weighted by Gasteiger charge is 2.27. The third kappa shape index (κ3) is 4.01. The van der Waals surface area contributed by atoms with E-state index in [4.69, 9.17) is 4.74 Å². The van der Waals surface area contributed by atoms with E-state index >= 15 is 0 Å². The van der Waals surface area contributed by atoms with Crippen molar-refractivity contribution in [1.29, 1.82) is 0 Å². The number of carbonyl (C=O) groups is 2. The number of nitrogens with one attached hydrogen (secondary N) is 1. The van der Waals surface area contributed by atoms with Gasteiger partial charge in [-0.1, -0.05) is 36.0 Å². The molecule has 3 heterocycles. The Morgan fingerprint density at radius 2 is 1.97 bits per heavy atom. The summed E-state index contributed by atoms with van der Waals surface area (Å²) in [5.41, 5.74) is 1.74. The van der Waals surface area contributed by atoms with Crippen molar-refractivity contribution in [2.24, 2.45) is 0 Å². The highest BCUT2D eigenvalue weighted by atomic mass is 32.2. The van der Waals surface area contributed by atoms with E-state index in [2.05, 4.69) is 10.3 Å². The Morgan fingerprint density at radius 1 is 1.16 bits per heavy atom. The lowest BCUT2D eigenvalue weighted by molar-refractivity contribution is -0.120. The van der Waals surface area contributed by atoms with Gasteiger partial charge < -0.3 is 15.0 Å². The number of thioether (sulfide) groups is 1. The first-order valence-corrected chi connectivity index (χ1v) is 11.5. The van der Waals surface area contributed by atoms with E-state index in [1.54, 1.807) is 28.8 Å². The maximum absolute atomic E-state index is 13.2. The second-order valence-electron chi connectivity index (χ2n) is 7.80. The maximum atomic E-state index is 13.2. The highest BCUT2D eigenvalue weighted by molar-refractivity contribution is 7.99. The molecule has 1 unspecified atom stereocenters. The SMILES string of the molecule is O=C1CN(C(=O)CSc2nc3ccccc3c(=O)n2CC2CCCO2)c2ccccc2N1. The van der Waals surface area contributed by atoms with Crippen molar-refractivity contribution in [2.45, 2.75) is 30.6 Å². The van der Waals surface area contributed by atoms with Gasteiger partial charge in [-0.25, -0.2) is 4.98 Å². The monoisotopic (exact) mass is 450 g/mol. The smallest absolute Gasteiger partial charge is 0.262 e. The highest BCUT2D eigenvalue weighted by Crippen LogP contribution is 2.30. The van der Waals surface area contributed by atoms with Crippen molar-refractivity contribution in [2.75, 3.05) is 29.1 Å². The molecule has 3 aromatic rings. The lowest BCUT2D eigenvalue weighted by Crippen LogP contribution is -2.43. The molecule has 2 aromatic carbocycles. The number of anilines is 2. The van der Waals surface area contributed by atoms with Crippen LogP contribution in [0.5, 0.6) is 0 Å². The van der Waals surface area contributed by atoms with Crippen molar-refractivity contribution in [3.63, 3.8) is 0 Å². The Balaban J connectivity index is 1.43. The Hall–Kier alpha value is -3.17. The summed E-state index contributed by atoms with van der Waals surface area (Å²) >= 11 is 1.21. The molecule has 2 aliphatic rings. The molecule has 164 valence electrons. The number of nitrogens with zero attached hydrogens (tertiary/aromatic N) is 3. The van der Waals surface area contributed by atoms with Crippen molar-refractivity contribution in [3.8, 4) is 0 Å². The van der Waals surface area contributed by atoms with Crippen molar-refractivity contribution in [3.05, 3.63) is 58.9 Å². The van der Waals surface area contributed by atoms with E-state index in [-0.39, 0.29) is 35.8 Å². The van der Waals surface area contributed by atoms with E-state index in [0.717, 1.165) is 12.8 Å². The fraction of sp³-hybridized carbons (Fsp3) is 0.304. The van der Waals surface area contributed by atoms with Gasteiger partial charge in [-0.15, -0.1) is 0 Å². The molecule has 0 radical (unpaired) electrons. The molecule has 1 saturated heterocycles. The first-order chi connectivity index (χ1) is 15.6. The van der Waals surface area contributed by atoms with Crippen LogP contribution in [0.25, 0.3) is 10.9 Å². The van der Waals surface area contributed by atoms with E-state index in [0.29, 0.717) is 40.6 Å². The predicted octanol–water partition coefficient (Wildman–Crippen LogP) is 2.65. The fourth-order valence-electron chi connectivity index (χ4n) is 4.07. The van der Waals surface area contributed by atoms with Crippen molar-refractivity contribution in [1.82, 2.24) is 9.55 Å². The van der Waals surface area contributed by atoms with Gasteiger partial charge in [0.1, 0.15) is 6.54 Å². The van der Waals surface area contributed by atoms with Crippen LogP contribution >= 0.6 is 11.8 Å². The molecule has 0 bridgehead atoms. The zero-order valence-electron chi connectivity index (χ0n) is 17.3. The molecule has 0 saturated carbocycles. The van der Waals surface area contributed by atoms with Crippen LogP contribution in [0.2, 0.25) is 0 Å². The Morgan fingerprint density at radius 3 is 2.81 bits per heavy atom. The molecule has 2 aliphatic heterocycles. The number of hydrogen-bond donors (Lipinski definition) is 1. The lowest BCUT2D eigenvalue weighted by Gasteiger charge is -2.29. The minimum Gasteiger partial charge on any atom is -0.376 e. The van der Waals surface area contributed by atoms with Crippen LogP contribution in [-0.4, -0.2) is 46.4 Å². The first-order valence-electron chi connectivity index (χ1n) is 10.5. The van der Waals surface area contributed by atoms with Gasteiger partial charge in [0.15, 0.2) is 5.16 Å². The molecule has 2 amide bonds. The third-order valence-electron chi connectivity index (χ3n) is 5.63. The summed E-state index contributed by atoms with van der Waals surface area (Å²) in [4.78, 5) is 44.5. The summed E-state index contributed by atoms with van der Waals surface area (Å²) in [6.07, 6.45) is 1.82. The fourth-order valence-corrected chi connectivity index (χ4v) is 4.96. The largest absolute Gasteiger partial charge is 0.376 e. The Bertz CT molecular complexity index is 1250. The number of amides is 2. The van der Waals surface area contributed by atoms with Crippen molar-refractivity contribution < 1.29 is 14.3 Å². The van der Waals surface area contributed by atoms with Crippen LogP contribution in [0.15, 0.2) is 58.5 Å². The average molecular weight is 451 g/mol. The number of rotatable bonds is 5. The van der Waals surface area contributed by atoms with Crippen LogP contribution in [0.1, 0.15) is 12.8 Å². The van der Waals surface area contributed by atoms with Gasteiger partial charge in [0.25, 0.3) is 5.56 Å². The Labute approximate surface area is 188 Å². The van der Waals surface area contributed by atoms with Gasteiger partial charge in [0, 0.05) is 6.61 Å². The van der Waals surface area contributed by atoms with Crippen LogP contribution in [0, 0.1) is 0 Å². The van der Waals surface area contributed by atoms with Crippen LogP contribution < -0.4 is 15.8 Å². The molecule has 0 spiro atoms. The number of benzene rings is 2. The summed E-state index contributed by atoms with van der Waals surface area (Å²) in [6.45, 7) is 1.06. The second-order valence-corrected chi connectivity index (χ2v) is 8.74. The maximum Gasteiger partial charge on any atom is 0.262 e. The van der Waals surface area contributed by atoms with E-state index in [1.807, 2.05) is 24.3 Å². The van der Waals surface area contributed by atoms with Gasteiger partial charge in [0.05, 0.1) is 40.7 Å². The molecule has 32 heavy (non-hydrogen) atoms. The number of ether oxygens (including phenoxy) is 1. The van der Waals surface area contributed by atoms with Gasteiger partial charge >= 0.3 is 0 Å². The van der Waals surface area contributed by atoms with Gasteiger partial charge in [-0.3, -0.25) is 19.0 Å². The summed E-state index contributed by atoms with van der Waals surface area (Å²) in [6, 6.07) is 14.4. The first kappa shape index (κ1) is 20.7. The molecular weight excluding hydrogens is 428 g/mol. The average Bonchev–Trinajstić information content (AvgIpc) is 3.32. The number of fused-ring (bicyclic) bond motifs is 2. The molecule has 8 nitrogen and oxygen atoms in total. The summed E-state index contributed by atoms with van der Waals surface area (Å²) in [5, 5.41) is 3.81. The number of hydrogen-bond acceptors (Lipinski definition) is 6. The summed E-state index contributed by atoms with van der Waals surface area (Å²) < 4.78 is 7.35. The molecule has 5 rings (SSSR count). The predicted molar refractivity (Wildman–Crippen MR) is 123 cm³/mol. The molecule has 1 atom stereocenters. The lowest BCUT2D eigenvalue weighted by atomic mass is 10.2. The molecular formula is C23H22N4O4S. The topological polar surface area (TPSA) is 93.5 Å². The zero-order chi connectivity index (χ0) is 22.1. The van der Waals surface area contributed by atoms with Gasteiger partial charge in [-0.05, 0) is 37.1 Å². The second kappa shape index (κ2) is 8.76. The van der Waals surface area contributed by atoms with Crippen LogP contribution in [-0.2, 0) is 20.9 Å². The van der Waals surface area contributed by atoms with Crippen molar-refractivity contribution >= 4 is 45.9 Å². The van der Waals surface area contributed by atoms with E-state index in [9.17, 15) is 14.4 Å². The molecule has 1 N–H and O–H groups in total. The standard InChI is InChI=1S/C23H22N4O4S/c28-20-13-26(19-10-4-3-9-18(19)24-20)21(29)14-32-23-25-17-8-2-1-7-16(17)22(30)27(23)12-15-6-5-11-31-15/h1-4,7-10,15H,5-6,11-14H2,(H,24,28). The minimum atomic E-state index is -0.235. The number of carbonyl (C=O) groups excluding carboxylic acids is 2. The van der Waals surface area contributed by atoms with Gasteiger partial charge in [-0.2, -0.15) is 0 Å². The third-order valence-corrected chi connectivity index (χ3v) is 6.59. The number of para-hydroxylation sites is 3.